The lowest BCUT2D eigenvalue weighted by Gasteiger charge is -2.11. The van der Waals surface area contributed by atoms with Gasteiger partial charge in [0.1, 0.15) is 11.6 Å². The summed E-state index contributed by atoms with van der Waals surface area (Å²) in [6.45, 7) is 5.83. The van der Waals surface area contributed by atoms with Crippen molar-refractivity contribution in [3.05, 3.63) is 70.0 Å². The number of carbonyl (C=O) groups excluding carboxylic acids is 1. The highest BCUT2D eigenvalue weighted by Crippen LogP contribution is 2.22. The third-order valence-electron chi connectivity index (χ3n) is 5.95. The molecule has 1 amide bonds. The summed E-state index contributed by atoms with van der Waals surface area (Å²) in [6, 6.07) is 12.2. The Balaban J connectivity index is 1.55. The fourth-order valence-corrected chi connectivity index (χ4v) is 4.09. The molecular weight excluding hydrogens is 419 g/mol. The fraction of sp³-hybridized carbons (Fsp3) is 0.269. The molecular formula is C26H27FN4O2. The highest BCUT2D eigenvalue weighted by molar-refractivity contribution is 6.02. The Bertz CT molecular complexity index is 1290. The molecule has 1 fully saturated rings. The second-order valence-electron chi connectivity index (χ2n) is 8.16. The molecule has 0 radical (unpaired) electrons. The van der Waals surface area contributed by atoms with Crippen LogP contribution in [-0.2, 0) is 0 Å². The molecule has 1 aliphatic carbocycles. The van der Waals surface area contributed by atoms with Crippen LogP contribution in [0.25, 0.3) is 24.0 Å². The van der Waals surface area contributed by atoms with Crippen molar-refractivity contribution in [2.75, 3.05) is 7.11 Å². The number of nitrogens with zero attached hydrogens (tertiary/aromatic N) is 2. The Morgan fingerprint density at radius 1 is 1.24 bits per heavy atom. The zero-order valence-electron chi connectivity index (χ0n) is 18.8. The van der Waals surface area contributed by atoms with Gasteiger partial charge in [-0.2, -0.15) is 5.10 Å². The summed E-state index contributed by atoms with van der Waals surface area (Å²) in [5.74, 6) is -0.0317. The van der Waals surface area contributed by atoms with E-state index in [1.54, 1.807) is 37.4 Å². The highest BCUT2D eigenvalue weighted by atomic mass is 19.1. The first-order valence-electron chi connectivity index (χ1n) is 11.0. The Morgan fingerprint density at radius 2 is 1.97 bits per heavy atom. The van der Waals surface area contributed by atoms with Gasteiger partial charge in [-0.15, -0.1) is 0 Å². The summed E-state index contributed by atoms with van der Waals surface area (Å²) in [4.78, 5) is 16.9. The monoisotopic (exact) mass is 446 g/mol. The van der Waals surface area contributed by atoms with Crippen LogP contribution < -0.4 is 20.6 Å². The Kier molecular flexibility index (Phi) is 6.68. The predicted molar refractivity (Wildman–Crippen MR) is 128 cm³/mol. The number of nitrogens with one attached hydrogen (secondary N) is 2. The number of hydrogen-bond acceptors (Lipinski definition) is 4. The van der Waals surface area contributed by atoms with E-state index < -0.39 is 5.82 Å². The van der Waals surface area contributed by atoms with Crippen LogP contribution in [-0.4, -0.2) is 35.0 Å². The van der Waals surface area contributed by atoms with Gasteiger partial charge >= 0.3 is 0 Å². The number of aliphatic imine (C=N–C) groups is 1. The molecule has 7 heteroatoms. The Morgan fingerprint density at radius 3 is 2.67 bits per heavy atom. The van der Waals surface area contributed by atoms with Crippen molar-refractivity contribution >= 4 is 24.4 Å². The van der Waals surface area contributed by atoms with Crippen LogP contribution in [0.2, 0.25) is 0 Å². The van der Waals surface area contributed by atoms with E-state index in [-0.39, 0.29) is 11.9 Å². The molecule has 0 saturated heterocycles. The van der Waals surface area contributed by atoms with Crippen LogP contribution in [0.4, 0.5) is 4.39 Å². The first kappa shape index (κ1) is 22.5. The molecule has 1 saturated carbocycles. The predicted octanol–water partition coefficient (Wildman–Crippen LogP) is 3.55. The van der Waals surface area contributed by atoms with E-state index in [9.17, 15) is 9.18 Å². The number of carbonyl (C=O) groups is 1. The second kappa shape index (κ2) is 9.81. The van der Waals surface area contributed by atoms with Gasteiger partial charge in [0.2, 0.25) is 0 Å². The van der Waals surface area contributed by atoms with Crippen LogP contribution in [0.3, 0.4) is 0 Å². The molecule has 0 atom stereocenters. The quantitative estimate of drug-likeness (QED) is 0.569. The van der Waals surface area contributed by atoms with E-state index in [1.807, 2.05) is 12.1 Å². The van der Waals surface area contributed by atoms with Crippen molar-refractivity contribution in [2.45, 2.75) is 38.6 Å². The molecule has 0 bridgehead atoms. The van der Waals surface area contributed by atoms with Gasteiger partial charge in [0.25, 0.3) is 5.91 Å². The fourth-order valence-electron chi connectivity index (χ4n) is 4.09. The van der Waals surface area contributed by atoms with Gasteiger partial charge in [0.05, 0.1) is 35.6 Å². The lowest BCUT2D eigenvalue weighted by Crippen LogP contribution is -2.32. The maximum atomic E-state index is 14.3. The lowest BCUT2D eigenvalue weighted by molar-refractivity contribution is 0.0938. The minimum atomic E-state index is -0.402. The molecule has 1 heterocycles. The lowest BCUT2D eigenvalue weighted by atomic mass is 10.1. The van der Waals surface area contributed by atoms with Crippen molar-refractivity contribution in [3.63, 3.8) is 0 Å². The molecule has 3 aromatic rings. The van der Waals surface area contributed by atoms with Gasteiger partial charge < -0.3 is 10.1 Å². The van der Waals surface area contributed by atoms with E-state index in [1.165, 1.54) is 26.0 Å². The first-order chi connectivity index (χ1) is 16.0. The average molecular weight is 447 g/mol. The molecule has 1 aromatic heterocycles. The Hall–Kier alpha value is -3.74. The second-order valence-corrected chi connectivity index (χ2v) is 8.16. The van der Waals surface area contributed by atoms with Gasteiger partial charge in [0.15, 0.2) is 0 Å². The zero-order valence-corrected chi connectivity index (χ0v) is 18.8. The number of H-pyrrole nitrogens is 1. The van der Waals surface area contributed by atoms with E-state index in [2.05, 4.69) is 27.1 Å². The number of rotatable bonds is 6. The van der Waals surface area contributed by atoms with E-state index in [0.29, 0.717) is 38.8 Å². The molecule has 170 valence electrons. The first-order valence-corrected chi connectivity index (χ1v) is 11.0. The summed E-state index contributed by atoms with van der Waals surface area (Å²) in [5.41, 5.74) is 2.91. The molecule has 2 N–H and O–H groups in total. The summed E-state index contributed by atoms with van der Waals surface area (Å²) in [5, 5.41) is 11.7. The zero-order chi connectivity index (χ0) is 23.4. The summed E-state index contributed by atoms with van der Waals surface area (Å²) >= 11 is 0. The van der Waals surface area contributed by atoms with Crippen LogP contribution in [0.15, 0.2) is 47.5 Å². The standard InChI is InChI=1S/C26H27FN4O2/c1-16-22(15-28-17(2)24-21(27)9-6-10-23(24)33-3)30-31-25(16)18-11-13-19(14-12-18)26(32)29-20-7-4-5-8-20/h6,9-15,20,30H,1,4-5,7-8H2,2-3H3,(H,29,32)/b22-15+,28-17?. The average Bonchev–Trinajstić information content (AvgIpc) is 3.47. The maximum absolute atomic E-state index is 14.3. The van der Waals surface area contributed by atoms with Crippen molar-refractivity contribution in [1.82, 2.24) is 15.5 Å². The molecule has 33 heavy (non-hydrogen) atoms. The number of benzene rings is 2. The van der Waals surface area contributed by atoms with E-state index in [4.69, 9.17) is 4.74 Å². The molecule has 0 unspecified atom stereocenters. The summed E-state index contributed by atoms with van der Waals surface area (Å²) in [6.07, 6.45) is 6.02. The number of aromatic nitrogens is 2. The molecule has 2 aromatic carbocycles. The van der Waals surface area contributed by atoms with Crippen LogP contribution in [0.5, 0.6) is 5.75 Å². The topological polar surface area (TPSA) is 79.4 Å². The molecule has 6 nitrogen and oxygen atoms in total. The minimum absolute atomic E-state index is 0.0484. The van der Waals surface area contributed by atoms with Crippen LogP contribution >= 0.6 is 0 Å². The number of methoxy groups -OCH3 is 1. The van der Waals surface area contributed by atoms with Gasteiger partial charge in [-0.25, -0.2) is 4.39 Å². The third kappa shape index (κ3) is 4.87. The maximum Gasteiger partial charge on any atom is 0.251 e. The van der Waals surface area contributed by atoms with E-state index >= 15 is 0 Å². The van der Waals surface area contributed by atoms with Crippen LogP contribution in [0, 0.1) is 5.82 Å². The molecule has 1 aliphatic rings. The third-order valence-corrected chi connectivity index (χ3v) is 5.95. The minimum Gasteiger partial charge on any atom is -0.496 e. The van der Waals surface area contributed by atoms with Crippen molar-refractivity contribution in [3.8, 4) is 17.0 Å². The van der Waals surface area contributed by atoms with Gasteiger partial charge in [0, 0.05) is 22.4 Å². The highest BCUT2D eigenvalue weighted by Gasteiger charge is 2.18. The Labute approximate surface area is 191 Å². The number of ether oxygens (including phenoxy) is 1. The normalized spacial score (nSPS) is 15.1. The van der Waals surface area contributed by atoms with E-state index in [0.717, 1.165) is 18.4 Å². The largest absolute Gasteiger partial charge is 0.496 e. The number of hydrogen-bond donors (Lipinski definition) is 2. The summed E-state index contributed by atoms with van der Waals surface area (Å²) < 4.78 is 19.5. The van der Waals surface area contributed by atoms with Crippen molar-refractivity contribution in [2.24, 2.45) is 4.99 Å². The smallest absolute Gasteiger partial charge is 0.251 e. The van der Waals surface area contributed by atoms with Crippen LogP contribution in [0.1, 0.15) is 48.5 Å². The number of amides is 1. The SMILES string of the molecule is C=c1c(-c2ccc(C(=O)NC3CCCC3)cc2)n[nH]/c1=C/N=C(C)c1c(F)cccc1OC. The van der Waals surface area contributed by atoms with Crippen molar-refractivity contribution in [1.29, 1.82) is 0 Å². The molecule has 0 aliphatic heterocycles. The molecule has 0 spiro atoms. The summed E-state index contributed by atoms with van der Waals surface area (Å²) in [7, 11) is 1.49. The molecule has 4 rings (SSSR count). The van der Waals surface area contributed by atoms with Crippen molar-refractivity contribution < 1.29 is 13.9 Å². The number of aromatic amines is 1. The van der Waals surface area contributed by atoms with Gasteiger partial charge in [-0.05, 0) is 44.0 Å². The van der Waals surface area contributed by atoms with Gasteiger partial charge in [-0.1, -0.05) is 37.6 Å². The van der Waals surface area contributed by atoms with Gasteiger partial charge in [-0.3, -0.25) is 14.9 Å². The number of halogens is 1.